The van der Waals surface area contributed by atoms with Gasteiger partial charge in [0, 0.05) is 24.0 Å². The van der Waals surface area contributed by atoms with E-state index >= 15 is 0 Å². The number of nitrogens with one attached hydrogen (secondary N) is 1. The van der Waals surface area contributed by atoms with Gasteiger partial charge in [-0.2, -0.15) is 0 Å². The predicted molar refractivity (Wildman–Crippen MR) is 80.5 cm³/mol. The molecule has 0 spiro atoms. The molecule has 3 rings (SSSR count). The first kappa shape index (κ1) is 13.1. The molecule has 0 atom stereocenters. The van der Waals surface area contributed by atoms with Crippen LogP contribution < -0.4 is 11.1 Å². The first-order chi connectivity index (χ1) is 8.99. The van der Waals surface area contributed by atoms with Crippen molar-refractivity contribution in [3.63, 3.8) is 0 Å². The van der Waals surface area contributed by atoms with Gasteiger partial charge in [0.1, 0.15) is 0 Å². The third-order valence-electron chi connectivity index (χ3n) is 4.82. The highest BCUT2D eigenvalue weighted by molar-refractivity contribution is 5.38. The van der Waals surface area contributed by atoms with Gasteiger partial charge in [0.05, 0.1) is 0 Å². The fourth-order valence-electron chi connectivity index (χ4n) is 3.06. The maximum absolute atomic E-state index is 6.13. The molecule has 2 aliphatic rings. The van der Waals surface area contributed by atoms with Crippen LogP contribution >= 0.6 is 0 Å². The summed E-state index contributed by atoms with van der Waals surface area (Å²) in [5.41, 5.74) is 11.0. The molecule has 19 heavy (non-hydrogen) atoms. The van der Waals surface area contributed by atoms with Gasteiger partial charge in [0.15, 0.2) is 0 Å². The highest BCUT2D eigenvalue weighted by atomic mass is 15.0. The summed E-state index contributed by atoms with van der Waals surface area (Å²) >= 11 is 0. The second-order valence-electron chi connectivity index (χ2n) is 7.19. The van der Waals surface area contributed by atoms with Crippen molar-refractivity contribution in [1.82, 2.24) is 5.32 Å². The molecule has 1 fully saturated rings. The van der Waals surface area contributed by atoms with Crippen LogP contribution in [0.1, 0.15) is 49.8 Å². The Kier molecular flexibility index (Phi) is 3.18. The number of hydrogen-bond acceptors (Lipinski definition) is 2. The summed E-state index contributed by atoms with van der Waals surface area (Å²) in [7, 11) is 0. The van der Waals surface area contributed by atoms with E-state index < -0.39 is 0 Å². The molecule has 104 valence electrons. The highest BCUT2D eigenvalue weighted by Gasteiger charge is 2.38. The molecule has 2 heteroatoms. The lowest BCUT2D eigenvalue weighted by Crippen LogP contribution is -2.41. The van der Waals surface area contributed by atoms with Crippen LogP contribution in [-0.2, 0) is 18.3 Å². The zero-order valence-corrected chi connectivity index (χ0v) is 12.3. The van der Waals surface area contributed by atoms with Crippen molar-refractivity contribution in [2.24, 2.45) is 5.73 Å². The molecule has 0 radical (unpaired) electrons. The van der Waals surface area contributed by atoms with E-state index in [1.54, 1.807) is 11.1 Å². The van der Waals surface area contributed by atoms with Crippen LogP contribution in [0.4, 0.5) is 0 Å². The highest BCUT2D eigenvalue weighted by Crippen LogP contribution is 2.32. The topological polar surface area (TPSA) is 38.0 Å². The van der Waals surface area contributed by atoms with Gasteiger partial charge in [-0.3, -0.25) is 0 Å². The van der Waals surface area contributed by atoms with Crippen LogP contribution in [0.5, 0.6) is 0 Å². The standard InChI is InChI=1S/C17H26N2/c1-16(2,11-19-12-17(18)8-9-17)15-7-6-13-4-3-5-14(13)10-15/h6-7,10,19H,3-5,8-9,11-12,18H2,1-2H3. The minimum Gasteiger partial charge on any atom is -0.324 e. The molecule has 2 nitrogen and oxygen atoms in total. The lowest BCUT2D eigenvalue weighted by Gasteiger charge is -2.27. The van der Waals surface area contributed by atoms with Gasteiger partial charge >= 0.3 is 0 Å². The van der Waals surface area contributed by atoms with Crippen molar-refractivity contribution in [2.45, 2.75) is 56.9 Å². The van der Waals surface area contributed by atoms with Crippen LogP contribution in [0.2, 0.25) is 0 Å². The van der Waals surface area contributed by atoms with Gasteiger partial charge in [0.25, 0.3) is 0 Å². The summed E-state index contributed by atoms with van der Waals surface area (Å²) < 4.78 is 0. The molecule has 2 aliphatic carbocycles. The number of rotatable bonds is 5. The van der Waals surface area contributed by atoms with Crippen LogP contribution in [-0.4, -0.2) is 18.6 Å². The molecule has 1 saturated carbocycles. The molecule has 0 saturated heterocycles. The Morgan fingerprint density at radius 3 is 2.68 bits per heavy atom. The van der Waals surface area contributed by atoms with E-state index in [-0.39, 0.29) is 11.0 Å². The van der Waals surface area contributed by atoms with Gasteiger partial charge in [0.2, 0.25) is 0 Å². The monoisotopic (exact) mass is 258 g/mol. The quantitative estimate of drug-likeness (QED) is 0.852. The van der Waals surface area contributed by atoms with E-state index in [0.29, 0.717) is 0 Å². The van der Waals surface area contributed by atoms with Crippen LogP contribution in [0.15, 0.2) is 18.2 Å². The van der Waals surface area contributed by atoms with Crippen molar-refractivity contribution in [1.29, 1.82) is 0 Å². The van der Waals surface area contributed by atoms with E-state index in [2.05, 4.69) is 37.4 Å². The maximum atomic E-state index is 6.13. The summed E-state index contributed by atoms with van der Waals surface area (Å²) in [6, 6.07) is 7.09. The lowest BCUT2D eigenvalue weighted by atomic mass is 9.83. The molecule has 0 amide bonds. The SMILES string of the molecule is CC(C)(CNCC1(N)CC1)c1ccc2c(c1)CCC2. The van der Waals surface area contributed by atoms with Crippen molar-refractivity contribution in [2.75, 3.05) is 13.1 Å². The number of fused-ring (bicyclic) bond motifs is 1. The summed E-state index contributed by atoms with van der Waals surface area (Å²) in [5, 5.41) is 3.57. The van der Waals surface area contributed by atoms with Crippen LogP contribution in [0.3, 0.4) is 0 Å². The van der Waals surface area contributed by atoms with Crippen molar-refractivity contribution in [3.05, 3.63) is 34.9 Å². The third kappa shape index (κ3) is 2.85. The van der Waals surface area contributed by atoms with Gasteiger partial charge < -0.3 is 11.1 Å². The molecule has 0 aromatic heterocycles. The van der Waals surface area contributed by atoms with Gasteiger partial charge in [-0.05, 0) is 48.8 Å². The maximum Gasteiger partial charge on any atom is 0.0282 e. The number of benzene rings is 1. The lowest BCUT2D eigenvalue weighted by molar-refractivity contribution is 0.448. The first-order valence-electron chi connectivity index (χ1n) is 7.61. The summed E-state index contributed by atoms with van der Waals surface area (Å²) in [6.07, 6.45) is 6.22. The fraction of sp³-hybridized carbons (Fsp3) is 0.647. The average molecular weight is 258 g/mol. The number of nitrogens with two attached hydrogens (primary N) is 1. The number of hydrogen-bond donors (Lipinski definition) is 2. The average Bonchev–Trinajstić information content (AvgIpc) is 2.92. The van der Waals surface area contributed by atoms with E-state index in [1.807, 2.05) is 0 Å². The Balaban J connectivity index is 1.65. The Bertz CT molecular complexity index is 472. The zero-order chi connectivity index (χ0) is 13.5. The molecule has 1 aromatic rings. The molecule has 1 aromatic carbocycles. The van der Waals surface area contributed by atoms with Crippen LogP contribution in [0, 0.1) is 0 Å². The molecule has 0 unspecified atom stereocenters. The molecule has 0 aliphatic heterocycles. The molecular weight excluding hydrogens is 232 g/mol. The third-order valence-corrected chi connectivity index (χ3v) is 4.82. The molecular formula is C17H26N2. The molecule has 3 N–H and O–H groups in total. The van der Waals surface area contributed by atoms with E-state index in [1.165, 1.54) is 37.7 Å². The second kappa shape index (κ2) is 4.60. The largest absolute Gasteiger partial charge is 0.324 e. The smallest absolute Gasteiger partial charge is 0.0282 e. The van der Waals surface area contributed by atoms with Gasteiger partial charge in [-0.15, -0.1) is 0 Å². The zero-order valence-electron chi connectivity index (χ0n) is 12.3. The predicted octanol–water partition coefficient (Wildman–Crippen LogP) is 2.53. The fourth-order valence-corrected chi connectivity index (χ4v) is 3.06. The summed E-state index contributed by atoms with van der Waals surface area (Å²) in [6.45, 7) is 6.62. The molecule has 0 heterocycles. The van der Waals surface area contributed by atoms with Crippen molar-refractivity contribution >= 4 is 0 Å². The Labute approximate surface area is 116 Å². The van der Waals surface area contributed by atoms with Gasteiger partial charge in [-0.1, -0.05) is 32.0 Å². The minimum atomic E-state index is 0.105. The Morgan fingerprint density at radius 1 is 1.21 bits per heavy atom. The molecule has 0 bridgehead atoms. The van der Waals surface area contributed by atoms with E-state index in [9.17, 15) is 0 Å². The Morgan fingerprint density at radius 2 is 1.95 bits per heavy atom. The minimum absolute atomic E-state index is 0.105. The van der Waals surface area contributed by atoms with E-state index in [0.717, 1.165) is 13.1 Å². The normalized spacial score (nSPS) is 20.4. The summed E-state index contributed by atoms with van der Waals surface area (Å²) in [4.78, 5) is 0. The second-order valence-corrected chi connectivity index (χ2v) is 7.19. The van der Waals surface area contributed by atoms with E-state index in [4.69, 9.17) is 5.73 Å². The first-order valence-corrected chi connectivity index (χ1v) is 7.61. The van der Waals surface area contributed by atoms with Crippen LogP contribution in [0.25, 0.3) is 0 Å². The van der Waals surface area contributed by atoms with Crippen molar-refractivity contribution < 1.29 is 0 Å². The van der Waals surface area contributed by atoms with Gasteiger partial charge in [-0.25, -0.2) is 0 Å². The summed E-state index contributed by atoms with van der Waals surface area (Å²) in [5.74, 6) is 0. The Hall–Kier alpha value is -0.860. The van der Waals surface area contributed by atoms with Crippen molar-refractivity contribution in [3.8, 4) is 0 Å². The number of aryl methyl sites for hydroxylation is 2.